The average Bonchev–Trinajstić information content (AvgIpc) is 2.89. The Morgan fingerprint density at radius 2 is 2.05 bits per heavy atom. The van der Waals surface area contributed by atoms with Crippen LogP contribution in [-0.4, -0.2) is 35.6 Å². The van der Waals surface area contributed by atoms with E-state index in [1.807, 2.05) is 12.1 Å². The molecule has 1 aliphatic heterocycles. The van der Waals surface area contributed by atoms with Crippen LogP contribution in [0.3, 0.4) is 0 Å². The topological polar surface area (TPSA) is 87.7 Å². The second kappa shape index (κ2) is 6.36. The monoisotopic (exact) mass is 306 g/mol. The van der Waals surface area contributed by atoms with Gasteiger partial charge in [0, 0.05) is 18.5 Å². The van der Waals surface area contributed by atoms with Gasteiger partial charge in [0.1, 0.15) is 5.75 Å². The predicted octanol–water partition coefficient (Wildman–Crippen LogP) is 0.686. The van der Waals surface area contributed by atoms with E-state index in [-0.39, 0.29) is 6.54 Å². The summed E-state index contributed by atoms with van der Waals surface area (Å²) in [7, 11) is 0. The minimum Gasteiger partial charge on any atom is -0.493 e. The van der Waals surface area contributed by atoms with Crippen LogP contribution in [-0.2, 0) is 16.0 Å². The van der Waals surface area contributed by atoms with Crippen LogP contribution in [0, 0.1) is 0 Å². The fraction of sp³-hybridized carbons (Fsp3) is 0.500. The summed E-state index contributed by atoms with van der Waals surface area (Å²) in [6.07, 6.45) is -0.0479. The van der Waals surface area contributed by atoms with Crippen molar-refractivity contribution in [3.8, 4) is 5.75 Å². The standard InChI is InChI=1S/C16H22N2O4/c1-16(2,3)18-15(21)14(20)17-9-12(19)10-4-5-13-11(8-10)6-7-22-13/h4-5,8,12,19H,6-7,9H2,1-3H3,(H,17,20)(H,18,21). The number of nitrogens with one attached hydrogen (secondary N) is 2. The number of amides is 2. The summed E-state index contributed by atoms with van der Waals surface area (Å²) in [4.78, 5) is 23.3. The van der Waals surface area contributed by atoms with E-state index in [0.717, 1.165) is 17.7 Å². The summed E-state index contributed by atoms with van der Waals surface area (Å²) >= 11 is 0. The third kappa shape index (κ3) is 4.21. The average molecular weight is 306 g/mol. The number of fused-ring (bicyclic) bond motifs is 1. The van der Waals surface area contributed by atoms with Crippen LogP contribution in [0.5, 0.6) is 5.75 Å². The Bertz CT molecular complexity index is 578. The summed E-state index contributed by atoms with van der Waals surface area (Å²) in [6.45, 7) is 6.01. The van der Waals surface area contributed by atoms with Gasteiger partial charge in [-0.1, -0.05) is 6.07 Å². The first-order chi connectivity index (χ1) is 10.3. The Labute approximate surface area is 129 Å². The molecule has 0 spiro atoms. The number of carbonyl (C=O) groups excluding carboxylic acids is 2. The first kappa shape index (κ1) is 16.3. The first-order valence-corrected chi connectivity index (χ1v) is 7.30. The highest BCUT2D eigenvalue weighted by Gasteiger charge is 2.21. The van der Waals surface area contributed by atoms with Crippen LogP contribution in [0.1, 0.15) is 38.0 Å². The molecule has 1 aromatic rings. The van der Waals surface area contributed by atoms with Crippen molar-refractivity contribution in [2.75, 3.05) is 13.2 Å². The number of rotatable bonds is 3. The maximum atomic E-state index is 11.7. The molecular weight excluding hydrogens is 284 g/mol. The van der Waals surface area contributed by atoms with E-state index in [4.69, 9.17) is 4.74 Å². The molecule has 0 bridgehead atoms. The lowest BCUT2D eigenvalue weighted by atomic mass is 10.0. The Morgan fingerprint density at radius 1 is 1.32 bits per heavy atom. The molecule has 0 radical (unpaired) electrons. The van der Waals surface area contributed by atoms with Crippen molar-refractivity contribution in [2.45, 2.75) is 38.8 Å². The lowest BCUT2D eigenvalue weighted by Gasteiger charge is -2.20. The van der Waals surface area contributed by atoms with Gasteiger partial charge in [0.15, 0.2) is 0 Å². The van der Waals surface area contributed by atoms with Crippen LogP contribution < -0.4 is 15.4 Å². The number of benzene rings is 1. The molecule has 3 N–H and O–H groups in total. The second-order valence-electron chi connectivity index (χ2n) is 6.40. The number of aliphatic hydroxyl groups is 1. The maximum Gasteiger partial charge on any atom is 0.309 e. The smallest absolute Gasteiger partial charge is 0.309 e. The van der Waals surface area contributed by atoms with Crippen molar-refractivity contribution in [2.24, 2.45) is 0 Å². The Kier molecular flexibility index (Phi) is 4.71. The molecule has 0 aromatic heterocycles. The second-order valence-corrected chi connectivity index (χ2v) is 6.40. The summed E-state index contributed by atoms with van der Waals surface area (Å²) in [5.74, 6) is -0.620. The fourth-order valence-electron chi connectivity index (χ4n) is 2.20. The molecule has 6 nitrogen and oxygen atoms in total. The van der Waals surface area contributed by atoms with Crippen LogP contribution in [0.15, 0.2) is 18.2 Å². The molecule has 6 heteroatoms. The van der Waals surface area contributed by atoms with Gasteiger partial charge in [0.25, 0.3) is 0 Å². The van der Waals surface area contributed by atoms with Gasteiger partial charge in [0.05, 0.1) is 12.7 Å². The van der Waals surface area contributed by atoms with Crippen molar-refractivity contribution >= 4 is 11.8 Å². The zero-order valence-corrected chi connectivity index (χ0v) is 13.1. The summed E-state index contributed by atoms with van der Waals surface area (Å²) in [5, 5.41) is 15.1. The highest BCUT2D eigenvalue weighted by molar-refractivity contribution is 6.35. The molecule has 0 fully saturated rings. The molecule has 0 saturated heterocycles. The van der Waals surface area contributed by atoms with E-state index in [1.54, 1.807) is 26.8 Å². The number of ether oxygens (including phenoxy) is 1. The van der Waals surface area contributed by atoms with E-state index in [0.29, 0.717) is 12.2 Å². The Balaban J connectivity index is 1.88. The number of hydrogen-bond donors (Lipinski definition) is 3. The summed E-state index contributed by atoms with van der Waals surface area (Å²) < 4.78 is 5.40. The van der Waals surface area contributed by atoms with Gasteiger partial charge in [0.2, 0.25) is 0 Å². The molecule has 2 rings (SSSR count). The van der Waals surface area contributed by atoms with Gasteiger partial charge < -0.3 is 20.5 Å². The fourth-order valence-corrected chi connectivity index (χ4v) is 2.20. The normalized spacial score (nSPS) is 14.7. The van der Waals surface area contributed by atoms with E-state index < -0.39 is 23.5 Å². The van der Waals surface area contributed by atoms with E-state index in [9.17, 15) is 14.7 Å². The maximum absolute atomic E-state index is 11.7. The molecule has 0 saturated carbocycles. The lowest BCUT2D eigenvalue weighted by molar-refractivity contribution is -0.140. The van der Waals surface area contributed by atoms with E-state index >= 15 is 0 Å². The minimum absolute atomic E-state index is 0.0178. The van der Waals surface area contributed by atoms with E-state index in [1.165, 1.54) is 0 Å². The zero-order valence-electron chi connectivity index (χ0n) is 13.1. The predicted molar refractivity (Wildman–Crippen MR) is 81.5 cm³/mol. The molecule has 22 heavy (non-hydrogen) atoms. The van der Waals surface area contributed by atoms with Gasteiger partial charge in [-0.15, -0.1) is 0 Å². The van der Waals surface area contributed by atoms with Crippen LogP contribution in [0.2, 0.25) is 0 Å². The van der Waals surface area contributed by atoms with Crippen molar-refractivity contribution in [1.82, 2.24) is 10.6 Å². The van der Waals surface area contributed by atoms with Crippen molar-refractivity contribution in [1.29, 1.82) is 0 Å². The summed E-state index contributed by atoms with van der Waals surface area (Å²) in [6, 6.07) is 5.44. The third-order valence-electron chi connectivity index (χ3n) is 3.25. The van der Waals surface area contributed by atoms with Crippen LogP contribution >= 0.6 is 0 Å². The number of hydrogen-bond acceptors (Lipinski definition) is 4. The van der Waals surface area contributed by atoms with Gasteiger partial charge in [-0.25, -0.2) is 0 Å². The molecule has 1 unspecified atom stereocenters. The zero-order chi connectivity index (χ0) is 16.3. The Morgan fingerprint density at radius 3 is 2.73 bits per heavy atom. The SMILES string of the molecule is CC(C)(C)NC(=O)C(=O)NCC(O)c1ccc2c(c1)CCO2. The molecule has 2 amide bonds. The molecule has 0 aliphatic carbocycles. The summed E-state index contributed by atoms with van der Waals surface area (Å²) in [5.41, 5.74) is 1.27. The molecular formula is C16H22N2O4. The largest absolute Gasteiger partial charge is 0.493 e. The minimum atomic E-state index is -0.864. The van der Waals surface area contributed by atoms with Gasteiger partial charge >= 0.3 is 11.8 Å². The Hall–Kier alpha value is -2.08. The highest BCUT2D eigenvalue weighted by Crippen LogP contribution is 2.27. The van der Waals surface area contributed by atoms with Crippen molar-refractivity contribution in [3.05, 3.63) is 29.3 Å². The van der Waals surface area contributed by atoms with Gasteiger partial charge in [-0.2, -0.15) is 0 Å². The van der Waals surface area contributed by atoms with Crippen molar-refractivity contribution in [3.63, 3.8) is 0 Å². The van der Waals surface area contributed by atoms with Crippen molar-refractivity contribution < 1.29 is 19.4 Å². The first-order valence-electron chi connectivity index (χ1n) is 7.30. The van der Waals surface area contributed by atoms with E-state index in [2.05, 4.69) is 10.6 Å². The highest BCUT2D eigenvalue weighted by atomic mass is 16.5. The number of carbonyl (C=O) groups is 2. The van der Waals surface area contributed by atoms with Crippen LogP contribution in [0.4, 0.5) is 0 Å². The van der Waals surface area contributed by atoms with Gasteiger partial charge in [-0.05, 0) is 44.0 Å². The molecule has 1 aliphatic rings. The lowest BCUT2D eigenvalue weighted by Crippen LogP contribution is -2.48. The number of aliphatic hydroxyl groups excluding tert-OH is 1. The quantitative estimate of drug-likeness (QED) is 0.717. The molecule has 1 aromatic carbocycles. The molecule has 120 valence electrons. The molecule has 1 atom stereocenters. The van der Waals surface area contributed by atoms with Crippen LogP contribution in [0.25, 0.3) is 0 Å². The van der Waals surface area contributed by atoms with Gasteiger partial charge in [-0.3, -0.25) is 9.59 Å². The molecule has 1 heterocycles. The third-order valence-corrected chi connectivity index (χ3v) is 3.25.